The quantitative estimate of drug-likeness (QED) is 0.291. The van der Waals surface area contributed by atoms with Crippen LogP contribution in [0.1, 0.15) is 37.4 Å². The van der Waals surface area contributed by atoms with Gasteiger partial charge in [0.1, 0.15) is 5.75 Å². The summed E-state index contributed by atoms with van der Waals surface area (Å²) in [5.74, 6) is -0.852. The Morgan fingerprint density at radius 3 is 2.00 bits per heavy atom. The van der Waals surface area contributed by atoms with Crippen LogP contribution in [0.4, 0.5) is 17.1 Å². The SMILES string of the molecule is O=C1c2ccccc2C(=O)c2c(Nc3ccc(/C=N/c4ccccc4)cc3)ccc(O)c21. The third-order valence-electron chi connectivity index (χ3n) is 5.36. The molecule has 1 aliphatic carbocycles. The van der Waals surface area contributed by atoms with E-state index in [0.29, 0.717) is 16.8 Å². The largest absolute Gasteiger partial charge is 0.507 e. The number of ketones is 2. The molecule has 5 heteroatoms. The highest BCUT2D eigenvalue weighted by molar-refractivity contribution is 6.31. The third-order valence-corrected chi connectivity index (χ3v) is 5.36. The van der Waals surface area contributed by atoms with Crippen molar-refractivity contribution in [3.63, 3.8) is 0 Å². The number of hydrogen-bond acceptors (Lipinski definition) is 5. The van der Waals surface area contributed by atoms with Gasteiger partial charge in [0.2, 0.25) is 0 Å². The average molecular weight is 418 g/mol. The van der Waals surface area contributed by atoms with Gasteiger partial charge in [-0.05, 0) is 42.0 Å². The number of hydrogen-bond donors (Lipinski definition) is 2. The lowest BCUT2D eigenvalue weighted by atomic mass is 9.82. The van der Waals surface area contributed by atoms with Crippen LogP contribution < -0.4 is 5.32 Å². The first-order valence-corrected chi connectivity index (χ1v) is 10.1. The van der Waals surface area contributed by atoms with Gasteiger partial charge in [0.05, 0.1) is 22.5 Å². The van der Waals surface area contributed by atoms with Crippen LogP contribution in [-0.2, 0) is 0 Å². The summed E-state index contributed by atoms with van der Waals surface area (Å²) in [4.78, 5) is 30.6. The summed E-state index contributed by atoms with van der Waals surface area (Å²) in [5.41, 5.74) is 3.87. The molecule has 5 rings (SSSR count). The van der Waals surface area contributed by atoms with Gasteiger partial charge in [-0.3, -0.25) is 14.6 Å². The monoisotopic (exact) mass is 418 g/mol. The molecule has 32 heavy (non-hydrogen) atoms. The molecule has 2 N–H and O–H groups in total. The second-order valence-electron chi connectivity index (χ2n) is 7.43. The highest BCUT2D eigenvalue weighted by atomic mass is 16.3. The van der Waals surface area contributed by atoms with Gasteiger partial charge in [0.25, 0.3) is 0 Å². The molecule has 4 aromatic carbocycles. The molecular weight excluding hydrogens is 400 g/mol. The first-order chi connectivity index (χ1) is 15.6. The van der Waals surface area contributed by atoms with Crippen molar-refractivity contribution < 1.29 is 14.7 Å². The van der Waals surface area contributed by atoms with Crippen LogP contribution >= 0.6 is 0 Å². The van der Waals surface area contributed by atoms with E-state index in [1.807, 2.05) is 54.6 Å². The molecule has 0 bridgehead atoms. The Morgan fingerprint density at radius 2 is 1.31 bits per heavy atom. The smallest absolute Gasteiger partial charge is 0.198 e. The van der Waals surface area contributed by atoms with Crippen molar-refractivity contribution in [2.24, 2.45) is 4.99 Å². The normalized spacial score (nSPS) is 12.5. The third kappa shape index (κ3) is 3.46. The molecule has 0 radical (unpaired) electrons. The van der Waals surface area contributed by atoms with Gasteiger partial charge >= 0.3 is 0 Å². The molecule has 1 aliphatic rings. The minimum atomic E-state index is -0.358. The minimum absolute atomic E-state index is 0.0327. The van der Waals surface area contributed by atoms with Gasteiger partial charge in [-0.1, -0.05) is 54.6 Å². The van der Waals surface area contributed by atoms with E-state index in [1.54, 1.807) is 36.5 Å². The number of benzene rings is 4. The van der Waals surface area contributed by atoms with Crippen molar-refractivity contribution in [1.82, 2.24) is 0 Å². The van der Waals surface area contributed by atoms with Crippen LogP contribution in [0.25, 0.3) is 0 Å². The Balaban J connectivity index is 1.45. The Kier molecular flexibility index (Phi) is 4.84. The van der Waals surface area contributed by atoms with Crippen molar-refractivity contribution in [3.8, 4) is 5.75 Å². The number of rotatable bonds is 4. The van der Waals surface area contributed by atoms with Crippen LogP contribution in [-0.4, -0.2) is 22.9 Å². The summed E-state index contributed by atoms with van der Waals surface area (Å²) >= 11 is 0. The van der Waals surface area contributed by atoms with E-state index in [-0.39, 0.29) is 28.4 Å². The molecule has 4 aromatic rings. The molecule has 154 valence electrons. The fraction of sp³-hybridized carbons (Fsp3) is 0. The van der Waals surface area contributed by atoms with E-state index >= 15 is 0 Å². The molecule has 0 amide bonds. The van der Waals surface area contributed by atoms with Gasteiger partial charge < -0.3 is 10.4 Å². The van der Waals surface area contributed by atoms with Crippen molar-refractivity contribution in [2.75, 3.05) is 5.32 Å². The van der Waals surface area contributed by atoms with E-state index in [4.69, 9.17) is 0 Å². The second-order valence-corrected chi connectivity index (χ2v) is 7.43. The predicted molar refractivity (Wildman–Crippen MR) is 125 cm³/mol. The second kappa shape index (κ2) is 7.96. The van der Waals surface area contributed by atoms with E-state index in [0.717, 1.165) is 16.9 Å². The summed E-state index contributed by atoms with van der Waals surface area (Å²) in [6.45, 7) is 0. The summed E-state index contributed by atoms with van der Waals surface area (Å²) in [7, 11) is 0. The molecule has 0 saturated heterocycles. The molecule has 0 atom stereocenters. The number of fused-ring (bicyclic) bond motifs is 2. The summed E-state index contributed by atoms with van der Waals surface area (Å²) < 4.78 is 0. The van der Waals surface area contributed by atoms with Crippen LogP contribution in [0.2, 0.25) is 0 Å². The van der Waals surface area contributed by atoms with Crippen molar-refractivity contribution >= 4 is 34.8 Å². The van der Waals surface area contributed by atoms with Crippen LogP contribution in [0.5, 0.6) is 5.75 Å². The maximum atomic E-state index is 13.2. The number of aromatic hydroxyl groups is 1. The molecule has 0 spiro atoms. The number of aliphatic imine (C=N–C) groups is 1. The van der Waals surface area contributed by atoms with Gasteiger partial charge in [0, 0.05) is 23.0 Å². The fourth-order valence-electron chi connectivity index (χ4n) is 3.78. The molecule has 0 fully saturated rings. The van der Waals surface area contributed by atoms with Gasteiger partial charge in [-0.2, -0.15) is 0 Å². The molecule has 0 saturated carbocycles. The molecule has 0 heterocycles. The summed E-state index contributed by atoms with van der Waals surface area (Å²) in [6.07, 6.45) is 1.78. The number of nitrogens with zero attached hydrogens (tertiary/aromatic N) is 1. The minimum Gasteiger partial charge on any atom is -0.507 e. The van der Waals surface area contributed by atoms with E-state index in [1.165, 1.54) is 6.07 Å². The Labute approximate surface area is 184 Å². The number of anilines is 2. The fourth-order valence-corrected chi connectivity index (χ4v) is 3.78. The Hall–Kier alpha value is -4.51. The van der Waals surface area contributed by atoms with Crippen LogP contribution in [0.15, 0.2) is 96.0 Å². The number of nitrogens with one attached hydrogen (secondary N) is 1. The van der Waals surface area contributed by atoms with Crippen molar-refractivity contribution in [3.05, 3.63) is 119 Å². The zero-order chi connectivity index (χ0) is 22.1. The Bertz CT molecular complexity index is 1370. The highest BCUT2D eigenvalue weighted by Gasteiger charge is 2.33. The maximum absolute atomic E-state index is 13.2. The molecule has 0 aromatic heterocycles. The van der Waals surface area contributed by atoms with Crippen molar-refractivity contribution in [2.45, 2.75) is 0 Å². The topological polar surface area (TPSA) is 78.8 Å². The average Bonchev–Trinajstić information content (AvgIpc) is 2.84. The van der Waals surface area contributed by atoms with Gasteiger partial charge in [0.15, 0.2) is 11.6 Å². The maximum Gasteiger partial charge on any atom is 0.198 e. The lowest BCUT2D eigenvalue weighted by Gasteiger charge is -2.21. The van der Waals surface area contributed by atoms with Crippen LogP contribution in [0.3, 0.4) is 0 Å². The molecule has 0 aliphatic heterocycles. The molecule has 0 unspecified atom stereocenters. The first kappa shape index (κ1) is 19.5. The van der Waals surface area contributed by atoms with E-state index < -0.39 is 0 Å². The lowest BCUT2D eigenvalue weighted by Crippen LogP contribution is -2.22. The zero-order valence-electron chi connectivity index (χ0n) is 16.9. The van der Waals surface area contributed by atoms with E-state index in [2.05, 4.69) is 10.3 Å². The molecular formula is C27H18N2O3. The predicted octanol–water partition coefficient (Wildman–Crippen LogP) is 5.66. The van der Waals surface area contributed by atoms with Gasteiger partial charge in [-0.25, -0.2) is 0 Å². The highest BCUT2D eigenvalue weighted by Crippen LogP contribution is 2.37. The first-order valence-electron chi connectivity index (χ1n) is 10.1. The number of para-hydroxylation sites is 1. The number of carbonyl (C=O) groups excluding carboxylic acids is 2. The number of carbonyl (C=O) groups is 2. The van der Waals surface area contributed by atoms with E-state index in [9.17, 15) is 14.7 Å². The van der Waals surface area contributed by atoms with Crippen LogP contribution in [0, 0.1) is 0 Å². The zero-order valence-corrected chi connectivity index (χ0v) is 16.9. The Morgan fingerprint density at radius 1 is 0.688 bits per heavy atom. The molecule has 5 nitrogen and oxygen atoms in total. The number of phenolic OH excluding ortho intramolecular Hbond substituents is 1. The lowest BCUT2D eigenvalue weighted by molar-refractivity contribution is 0.0977. The van der Waals surface area contributed by atoms with Crippen molar-refractivity contribution in [1.29, 1.82) is 0 Å². The summed E-state index contributed by atoms with van der Waals surface area (Å²) in [6, 6.07) is 26.9. The standard InChI is InChI=1S/C27H18N2O3/c30-23-15-14-22(24-25(23)27(32)21-9-5-4-8-20(21)26(24)31)29-19-12-10-17(11-13-19)16-28-18-6-2-1-3-7-18/h1-16,29-30H/b28-16+. The summed E-state index contributed by atoms with van der Waals surface area (Å²) in [5, 5.41) is 13.5. The van der Waals surface area contributed by atoms with Gasteiger partial charge in [-0.15, -0.1) is 0 Å². The number of phenols is 1.